The Bertz CT molecular complexity index is 577. The molecular weight excluding hydrogens is 282 g/mol. The second-order valence-electron chi connectivity index (χ2n) is 4.91. The van der Waals surface area contributed by atoms with Gasteiger partial charge in [0.1, 0.15) is 17.0 Å². The van der Waals surface area contributed by atoms with E-state index in [4.69, 9.17) is 0 Å². The highest BCUT2D eigenvalue weighted by Crippen LogP contribution is 2.24. The molecule has 0 bridgehead atoms. The van der Waals surface area contributed by atoms with Gasteiger partial charge in [0.2, 0.25) is 0 Å². The SMILES string of the molecule is O[C@@H]1CN(Cc2nc(-c3ccc(F)cc3)cs2)C[C@H]1F. The van der Waals surface area contributed by atoms with Gasteiger partial charge >= 0.3 is 0 Å². The first-order chi connectivity index (χ1) is 9.61. The minimum Gasteiger partial charge on any atom is -0.389 e. The maximum absolute atomic E-state index is 13.2. The summed E-state index contributed by atoms with van der Waals surface area (Å²) < 4.78 is 26.1. The van der Waals surface area contributed by atoms with Crippen molar-refractivity contribution in [3.63, 3.8) is 0 Å². The van der Waals surface area contributed by atoms with Crippen LogP contribution in [0.15, 0.2) is 29.6 Å². The van der Waals surface area contributed by atoms with Crippen molar-refractivity contribution in [3.8, 4) is 11.3 Å². The molecule has 0 radical (unpaired) electrons. The highest BCUT2D eigenvalue weighted by molar-refractivity contribution is 7.09. The van der Waals surface area contributed by atoms with E-state index in [9.17, 15) is 13.9 Å². The van der Waals surface area contributed by atoms with E-state index >= 15 is 0 Å². The van der Waals surface area contributed by atoms with Crippen molar-refractivity contribution in [2.24, 2.45) is 0 Å². The number of alkyl halides is 1. The minimum absolute atomic E-state index is 0.243. The van der Waals surface area contributed by atoms with Gasteiger partial charge in [-0.25, -0.2) is 13.8 Å². The number of hydrogen-bond donors (Lipinski definition) is 1. The van der Waals surface area contributed by atoms with Crippen molar-refractivity contribution < 1.29 is 13.9 Å². The summed E-state index contributed by atoms with van der Waals surface area (Å²) in [5.41, 5.74) is 1.65. The van der Waals surface area contributed by atoms with Crippen LogP contribution in [0.3, 0.4) is 0 Å². The Kier molecular flexibility index (Phi) is 3.78. The van der Waals surface area contributed by atoms with Crippen LogP contribution in [0.5, 0.6) is 0 Å². The summed E-state index contributed by atoms with van der Waals surface area (Å²) in [5, 5.41) is 12.2. The normalized spacial score (nSPS) is 23.4. The average Bonchev–Trinajstić information content (AvgIpc) is 2.99. The molecule has 3 rings (SSSR count). The Balaban J connectivity index is 1.69. The van der Waals surface area contributed by atoms with Gasteiger partial charge in [-0.05, 0) is 24.3 Å². The molecule has 1 aromatic carbocycles. The number of rotatable bonds is 3. The number of aliphatic hydroxyl groups excluding tert-OH is 1. The van der Waals surface area contributed by atoms with Crippen LogP contribution in [0.1, 0.15) is 5.01 Å². The van der Waals surface area contributed by atoms with Gasteiger partial charge in [-0.15, -0.1) is 11.3 Å². The quantitative estimate of drug-likeness (QED) is 0.945. The first-order valence-corrected chi connectivity index (χ1v) is 7.24. The van der Waals surface area contributed by atoms with Crippen molar-refractivity contribution in [2.75, 3.05) is 13.1 Å². The van der Waals surface area contributed by atoms with Crippen molar-refractivity contribution >= 4 is 11.3 Å². The van der Waals surface area contributed by atoms with Crippen LogP contribution in [-0.4, -0.2) is 40.4 Å². The summed E-state index contributed by atoms with van der Waals surface area (Å²) in [7, 11) is 0. The summed E-state index contributed by atoms with van der Waals surface area (Å²) in [6.45, 7) is 1.11. The maximum Gasteiger partial charge on any atom is 0.140 e. The van der Waals surface area contributed by atoms with E-state index in [1.807, 2.05) is 10.3 Å². The molecule has 1 fully saturated rings. The summed E-state index contributed by atoms with van der Waals surface area (Å²) >= 11 is 1.49. The molecule has 1 saturated heterocycles. The highest BCUT2D eigenvalue weighted by atomic mass is 32.1. The minimum atomic E-state index is -1.17. The maximum atomic E-state index is 13.2. The van der Waals surface area contributed by atoms with Gasteiger partial charge in [0, 0.05) is 24.0 Å². The predicted octanol–water partition coefficient (Wildman–Crippen LogP) is 2.46. The lowest BCUT2D eigenvalue weighted by Gasteiger charge is -2.11. The molecule has 3 nitrogen and oxygen atoms in total. The molecule has 0 unspecified atom stereocenters. The van der Waals surface area contributed by atoms with E-state index in [0.29, 0.717) is 13.1 Å². The molecule has 1 aromatic heterocycles. The molecule has 0 saturated carbocycles. The Morgan fingerprint density at radius 2 is 2.05 bits per heavy atom. The van der Waals surface area contributed by atoms with Gasteiger partial charge in [-0.3, -0.25) is 4.90 Å². The molecule has 2 aromatic rings. The van der Waals surface area contributed by atoms with Crippen LogP contribution < -0.4 is 0 Å². The van der Waals surface area contributed by atoms with Crippen LogP contribution in [0.2, 0.25) is 0 Å². The van der Waals surface area contributed by atoms with Crippen molar-refractivity contribution in [1.29, 1.82) is 0 Å². The second kappa shape index (κ2) is 5.55. The number of halogens is 2. The number of nitrogens with zero attached hydrogens (tertiary/aromatic N) is 2. The van der Waals surface area contributed by atoms with Gasteiger partial charge in [-0.1, -0.05) is 0 Å². The fourth-order valence-corrected chi connectivity index (χ4v) is 3.12. The molecule has 2 atom stereocenters. The molecule has 6 heteroatoms. The number of hydrogen-bond acceptors (Lipinski definition) is 4. The number of likely N-dealkylation sites (tertiary alicyclic amines) is 1. The first kappa shape index (κ1) is 13.6. The molecule has 20 heavy (non-hydrogen) atoms. The lowest BCUT2D eigenvalue weighted by molar-refractivity contribution is 0.115. The lowest BCUT2D eigenvalue weighted by Crippen LogP contribution is -2.21. The third-order valence-electron chi connectivity index (χ3n) is 3.35. The van der Waals surface area contributed by atoms with E-state index in [-0.39, 0.29) is 12.4 Å². The van der Waals surface area contributed by atoms with Crippen LogP contribution >= 0.6 is 11.3 Å². The fourth-order valence-electron chi connectivity index (χ4n) is 2.28. The monoisotopic (exact) mass is 296 g/mol. The molecular formula is C14H14F2N2OS. The highest BCUT2D eigenvalue weighted by Gasteiger charge is 2.31. The first-order valence-electron chi connectivity index (χ1n) is 6.36. The van der Waals surface area contributed by atoms with Gasteiger partial charge in [0.05, 0.1) is 18.3 Å². The molecule has 1 aliphatic heterocycles. The second-order valence-corrected chi connectivity index (χ2v) is 5.85. The molecule has 1 N–H and O–H groups in total. The summed E-state index contributed by atoms with van der Waals surface area (Å²) in [6, 6.07) is 6.18. The van der Waals surface area contributed by atoms with Crippen molar-refractivity contribution in [3.05, 3.63) is 40.5 Å². The molecule has 0 aliphatic carbocycles. The third kappa shape index (κ3) is 2.87. The van der Waals surface area contributed by atoms with Crippen LogP contribution in [0.25, 0.3) is 11.3 Å². The van der Waals surface area contributed by atoms with E-state index in [0.717, 1.165) is 16.3 Å². The molecule has 2 heterocycles. The summed E-state index contributed by atoms with van der Waals surface area (Å²) in [6.07, 6.45) is -2.07. The van der Waals surface area contributed by atoms with E-state index in [1.54, 1.807) is 12.1 Å². The number of β-amino-alcohol motifs (C(OH)–C–C–N with tert-alkyl or cyclic N) is 1. The fraction of sp³-hybridized carbons (Fsp3) is 0.357. The zero-order valence-corrected chi connectivity index (χ0v) is 11.5. The Labute approximate surface area is 119 Å². The predicted molar refractivity (Wildman–Crippen MR) is 73.7 cm³/mol. The Hall–Kier alpha value is -1.37. The van der Waals surface area contributed by atoms with E-state index < -0.39 is 12.3 Å². The molecule has 1 aliphatic rings. The van der Waals surface area contributed by atoms with Gasteiger partial charge < -0.3 is 5.11 Å². The van der Waals surface area contributed by atoms with Crippen molar-refractivity contribution in [2.45, 2.75) is 18.8 Å². The zero-order chi connectivity index (χ0) is 14.1. The van der Waals surface area contributed by atoms with Crippen LogP contribution in [0.4, 0.5) is 8.78 Å². The van der Waals surface area contributed by atoms with Gasteiger partial charge in [0.25, 0.3) is 0 Å². The topological polar surface area (TPSA) is 36.4 Å². The Morgan fingerprint density at radius 3 is 2.70 bits per heavy atom. The number of aliphatic hydroxyl groups is 1. The smallest absolute Gasteiger partial charge is 0.140 e. The molecule has 0 amide bonds. The molecule has 0 spiro atoms. The zero-order valence-electron chi connectivity index (χ0n) is 10.7. The number of aromatic nitrogens is 1. The summed E-state index contributed by atoms with van der Waals surface area (Å²) in [4.78, 5) is 6.32. The Morgan fingerprint density at radius 1 is 1.30 bits per heavy atom. The number of benzene rings is 1. The standard InChI is InChI=1S/C14H14F2N2OS/c15-10-3-1-9(2-4-10)12-8-20-14(17-12)7-18-5-11(16)13(19)6-18/h1-4,8,11,13,19H,5-7H2/t11-,13-/m1/s1. The largest absolute Gasteiger partial charge is 0.389 e. The summed E-state index contributed by atoms with van der Waals surface area (Å²) in [5.74, 6) is -0.274. The average molecular weight is 296 g/mol. The molecule has 106 valence electrons. The van der Waals surface area contributed by atoms with Gasteiger partial charge in [-0.2, -0.15) is 0 Å². The van der Waals surface area contributed by atoms with Gasteiger partial charge in [0.15, 0.2) is 0 Å². The van der Waals surface area contributed by atoms with E-state index in [1.165, 1.54) is 23.5 Å². The lowest BCUT2D eigenvalue weighted by atomic mass is 10.2. The number of thiazole rings is 1. The van der Waals surface area contributed by atoms with Crippen LogP contribution in [-0.2, 0) is 6.54 Å². The van der Waals surface area contributed by atoms with Crippen molar-refractivity contribution in [1.82, 2.24) is 9.88 Å². The van der Waals surface area contributed by atoms with Crippen LogP contribution in [0, 0.1) is 5.82 Å². The third-order valence-corrected chi connectivity index (χ3v) is 4.18. The van der Waals surface area contributed by atoms with E-state index in [2.05, 4.69) is 4.98 Å².